The van der Waals surface area contributed by atoms with Crippen molar-refractivity contribution in [1.82, 2.24) is 9.88 Å². The first-order valence-electron chi connectivity index (χ1n) is 7.11. The lowest BCUT2D eigenvalue weighted by molar-refractivity contribution is -0.0529. The van der Waals surface area contributed by atoms with Crippen molar-refractivity contribution in [3.63, 3.8) is 0 Å². The minimum absolute atomic E-state index is 0.00245. The maximum atomic E-state index is 5.63. The molecule has 1 saturated heterocycles. The number of likely N-dealkylation sites (tertiary alicyclic amines) is 1. The van der Waals surface area contributed by atoms with E-state index in [2.05, 4.69) is 35.1 Å². The minimum Gasteiger partial charge on any atom is -0.385 e. The Bertz CT molecular complexity index is 410. The Kier molecular flexibility index (Phi) is 4.77. The molecule has 1 N–H and O–H groups in total. The molecule has 1 aromatic heterocycles. The summed E-state index contributed by atoms with van der Waals surface area (Å²) in [6, 6.07) is 4.16. The van der Waals surface area contributed by atoms with Crippen molar-refractivity contribution in [3.05, 3.63) is 24.0 Å². The second-order valence-corrected chi connectivity index (χ2v) is 5.53. The standard InChI is InChI=1S/C15H25N3O/c1-4-16-13-6-8-17-14(10-13)11-18-9-5-7-15(2,12-18)19-3/h6,8,10H,4-5,7,9,11-12H2,1-3H3,(H,16,17). The predicted octanol–water partition coefficient (Wildman–Crippen LogP) is 2.51. The summed E-state index contributed by atoms with van der Waals surface area (Å²) in [7, 11) is 1.81. The average Bonchev–Trinajstić information content (AvgIpc) is 2.40. The molecule has 1 unspecified atom stereocenters. The molecule has 0 spiro atoms. The van der Waals surface area contributed by atoms with Crippen LogP contribution in [-0.4, -0.2) is 42.2 Å². The molecule has 2 rings (SSSR count). The maximum Gasteiger partial charge on any atom is 0.0777 e. The van der Waals surface area contributed by atoms with Crippen molar-refractivity contribution >= 4 is 5.69 Å². The normalized spacial score (nSPS) is 24.4. The highest BCUT2D eigenvalue weighted by Crippen LogP contribution is 2.25. The van der Waals surface area contributed by atoms with E-state index < -0.39 is 0 Å². The molecular formula is C15H25N3O. The fourth-order valence-corrected chi connectivity index (χ4v) is 2.72. The van der Waals surface area contributed by atoms with E-state index in [0.717, 1.165) is 44.0 Å². The SMILES string of the molecule is CCNc1ccnc(CN2CCCC(C)(OC)C2)c1. The summed E-state index contributed by atoms with van der Waals surface area (Å²) in [5.74, 6) is 0. The molecule has 1 atom stereocenters. The molecule has 0 amide bonds. The Morgan fingerprint density at radius 2 is 2.37 bits per heavy atom. The number of hydrogen-bond acceptors (Lipinski definition) is 4. The van der Waals surface area contributed by atoms with Crippen molar-refractivity contribution in [3.8, 4) is 0 Å². The number of nitrogens with zero attached hydrogens (tertiary/aromatic N) is 2. The lowest BCUT2D eigenvalue weighted by atomic mass is 9.94. The van der Waals surface area contributed by atoms with E-state index in [4.69, 9.17) is 4.74 Å². The smallest absolute Gasteiger partial charge is 0.0777 e. The molecule has 1 aliphatic rings. The first-order chi connectivity index (χ1) is 9.15. The molecule has 2 heterocycles. The quantitative estimate of drug-likeness (QED) is 0.886. The van der Waals surface area contributed by atoms with Gasteiger partial charge in [0, 0.05) is 38.6 Å². The highest BCUT2D eigenvalue weighted by molar-refractivity contribution is 5.42. The van der Waals surface area contributed by atoms with Crippen LogP contribution in [0, 0.1) is 0 Å². The summed E-state index contributed by atoms with van der Waals surface area (Å²) in [4.78, 5) is 6.90. The molecule has 19 heavy (non-hydrogen) atoms. The number of anilines is 1. The number of nitrogens with one attached hydrogen (secondary N) is 1. The number of aromatic nitrogens is 1. The van der Waals surface area contributed by atoms with Gasteiger partial charge in [-0.15, -0.1) is 0 Å². The molecular weight excluding hydrogens is 238 g/mol. The lowest BCUT2D eigenvalue weighted by Crippen LogP contribution is -2.46. The molecule has 0 aliphatic carbocycles. The van der Waals surface area contributed by atoms with Gasteiger partial charge in [0.1, 0.15) is 0 Å². The zero-order valence-electron chi connectivity index (χ0n) is 12.3. The van der Waals surface area contributed by atoms with E-state index >= 15 is 0 Å². The first kappa shape index (κ1) is 14.3. The van der Waals surface area contributed by atoms with Crippen LogP contribution in [0.5, 0.6) is 0 Å². The average molecular weight is 263 g/mol. The van der Waals surface area contributed by atoms with E-state index in [1.165, 1.54) is 6.42 Å². The minimum atomic E-state index is -0.00245. The van der Waals surface area contributed by atoms with Gasteiger partial charge < -0.3 is 10.1 Å². The summed E-state index contributed by atoms with van der Waals surface area (Å²) in [6.07, 6.45) is 4.22. The van der Waals surface area contributed by atoms with Gasteiger partial charge in [-0.05, 0) is 45.4 Å². The molecule has 0 bridgehead atoms. The maximum absolute atomic E-state index is 5.63. The molecule has 0 aromatic carbocycles. The van der Waals surface area contributed by atoms with Gasteiger partial charge >= 0.3 is 0 Å². The van der Waals surface area contributed by atoms with E-state index in [0.29, 0.717) is 0 Å². The van der Waals surface area contributed by atoms with Gasteiger partial charge in [0.2, 0.25) is 0 Å². The van der Waals surface area contributed by atoms with Crippen LogP contribution in [0.2, 0.25) is 0 Å². The van der Waals surface area contributed by atoms with Crippen molar-refractivity contribution in [1.29, 1.82) is 0 Å². The number of rotatable bonds is 5. The molecule has 4 nitrogen and oxygen atoms in total. The molecule has 106 valence electrons. The van der Waals surface area contributed by atoms with E-state index in [9.17, 15) is 0 Å². The predicted molar refractivity (Wildman–Crippen MR) is 78.3 cm³/mol. The summed E-state index contributed by atoms with van der Waals surface area (Å²) < 4.78 is 5.63. The number of pyridine rings is 1. The van der Waals surface area contributed by atoms with Crippen LogP contribution in [0.1, 0.15) is 32.4 Å². The van der Waals surface area contributed by atoms with Gasteiger partial charge in [-0.2, -0.15) is 0 Å². The molecule has 1 aliphatic heterocycles. The molecule has 1 fully saturated rings. The van der Waals surface area contributed by atoms with E-state index in [1.54, 1.807) is 0 Å². The fourth-order valence-electron chi connectivity index (χ4n) is 2.72. The zero-order chi connectivity index (χ0) is 13.7. The summed E-state index contributed by atoms with van der Waals surface area (Å²) in [5, 5.41) is 3.33. The van der Waals surface area contributed by atoms with E-state index in [-0.39, 0.29) is 5.60 Å². The van der Waals surface area contributed by atoms with E-state index in [1.807, 2.05) is 19.4 Å². The third kappa shape index (κ3) is 3.91. The molecule has 1 aromatic rings. The molecule has 4 heteroatoms. The van der Waals surface area contributed by atoms with Crippen molar-refractivity contribution < 1.29 is 4.74 Å². The van der Waals surface area contributed by atoms with Gasteiger partial charge in [0.15, 0.2) is 0 Å². The van der Waals surface area contributed by atoms with Gasteiger partial charge in [0.25, 0.3) is 0 Å². The van der Waals surface area contributed by atoms with Crippen molar-refractivity contribution in [2.75, 3.05) is 32.1 Å². The summed E-state index contributed by atoms with van der Waals surface area (Å²) >= 11 is 0. The van der Waals surface area contributed by atoms with Gasteiger partial charge in [-0.25, -0.2) is 0 Å². The number of ether oxygens (including phenoxy) is 1. The van der Waals surface area contributed by atoms with Crippen LogP contribution in [0.4, 0.5) is 5.69 Å². The third-order valence-corrected chi connectivity index (χ3v) is 3.81. The topological polar surface area (TPSA) is 37.4 Å². The van der Waals surface area contributed by atoms with Crippen LogP contribution >= 0.6 is 0 Å². The number of hydrogen-bond donors (Lipinski definition) is 1. The van der Waals surface area contributed by atoms with Gasteiger partial charge in [-0.3, -0.25) is 9.88 Å². The van der Waals surface area contributed by atoms with Gasteiger partial charge in [0.05, 0.1) is 11.3 Å². The second kappa shape index (κ2) is 6.35. The summed E-state index contributed by atoms with van der Waals surface area (Å²) in [6.45, 7) is 8.26. The fraction of sp³-hybridized carbons (Fsp3) is 0.667. The van der Waals surface area contributed by atoms with Crippen LogP contribution < -0.4 is 5.32 Å². The molecule has 0 radical (unpaired) electrons. The Labute approximate surface area is 116 Å². The Morgan fingerprint density at radius 1 is 1.53 bits per heavy atom. The summed E-state index contributed by atoms with van der Waals surface area (Å²) in [5.41, 5.74) is 2.27. The van der Waals surface area contributed by atoms with Crippen LogP contribution in [0.25, 0.3) is 0 Å². The molecule has 0 saturated carbocycles. The van der Waals surface area contributed by atoms with Crippen LogP contribution in [0.3, 0.4) is 0 Å². The van der Waals surface area contributed by atoms with Crippen LogP contribution in [-0.2, 0) is 11.3 Å². The Hall–Kier alpha value is -1.13. The number of piperidine rings is 1. The van der Waals surface area contributed by atoms with Crippen molar-refractivity contribution in [2.24, 2.45) is 0 Å². The monoisotopic (exact) mass is 263 g/mol. The van der Waals surface area contributed by atoms with Crippen LogP contribution in [0.15, 0.2) is 18.3 Å². The Morgan fingerprint density at radius 3 is 3.11 bits per heavy atom. The highest BCUT2D eigenvalue weighted by atomic mass is 16.5. The third-order valence-electron chi connectivity index (χ3n) is 3.81. The largest absolute Gasteiger partial charge is 0.385 e. The second-order valence-electron chi connectivity index (χ2n) is 5.53. The zero-order valence-corrected chi connectivity index (χ0v) is 12.3. The Balaban J connectivity index is 1.98. The van der Waals surface area contributed by atoms with Gasteiger partial charge in [-0.1, -0.05) is 0 Å². The highest BCUT2D eigenvalue weighted by Gasteiger charge is 2.30. The first-order valence-corrected chi connectivity index (χ1v) is 7.11. The number of methoxy groups -OCH3 is 1. The lowest BCUT2D eigenvalue weighted by Gasteiger charge is -2.39. The van der Waals surface area contributed by atoms with Crippen molar-refractivity contribution in [2.45, 2.75) is 38.8 Å².